The maximum atomic E-state index is 12.0. The monoisotopic (exact) mass is 252 g/mol. The van der Waals surface area contributed by atoms with Gasteiger partial charge in [-0.25, -0.2) is 0 Å². The highest BCUT2D eigenvalue weighted by Gasteiger charge is 2.14. The first-order valence-corrected chi connectivity index (χ1v) is 6.62. The van der Waals surface area contributed by atoms with Crippen LogP contribution in [0.3, 0.4) is 0 Å². The first-order valence-electron chi connectivity index (χ1n) is 6.62. The highest BCUT2D eigenvalue weighted by Crippen LogP contribution is 2.08. The Kier molecular flexibility index (Phi) is 5.85. The number of nitrogens with zero attached hydrogens (tertiary/aromatic N) is 2. The molecule has 0 saturated heterocycles. The highest BCUT2D eigenvalue weighted by molar-refractivity contribution is 5.96. The summed E-state index contributed by atoms with van der Waals surface area (Å²) >= 11 is 0. The van der Waals surface area contributed by atoms with Crippen LogP contribution in [0.25, 0.3) is 0 Å². The van der Waals surface area contributed by atoms with Crippen LogP contribution < -0.4 is 5.32 Å². The third-order valence-electron chi connectivity index (χ3n) is 3.06. The number of aromatic nitrogens is 2. The zero-order valence-electron chi connectivity index (χ0n) is 11.8. The van der Waals surface area contributed by atoms with E-state index in [2.05, 4.69) is 34.3 Å². The van der Waals surface area contributed by atoms with E-state index in [1.54, 1.807) is 0 Å². The smallest absolute Gasteiger partial charge is 0.255 e. The van der Waals surface area contributed by atoms with Gasteiger partial charge in [0.1, 0.15) is 0 Å². The van der Waals surface area contributed by atoms with E-state index in [4.69, 9.17) is 0 Å². The predicted octanol–water partition coefficient (Wildman–Crippen LogP) is 1.49. The first-order chi connectivity index (χ1) is 8.60. The summed E-state index contributed by atoms with van der Waals surface area (Å²) in [6.45, 7) is 11.7. The number of amides is 1. The van der Waals surface area contributed by atoms with E-state index in [0.29, 0.717) is 12.1 Å². The third-order valence-corrected chi connectivity index (χ3v) is 3.06. The summed E-state index contributed by atoms with van der Waals surface area (Å²) in [5, 5.41) is 9.81. The molecule has 102 valence electrons. The van der Waals surface area contributed by atoms with E-state index in [0.717, 1.165) is 37.4 Å². The van der Waals surface area contributed by atoms with Gasteiger partial charge in [-0.05, 0) is 33.4 Å². The van der Waals surface area contributed by atoms with Gasteiger partial charge in [-0.15, -0.1) is 0 Å². The molecule has 2 N–H and O–H groups in total. The maximum Gasteiger partial charge on any atom is 0.255 e. The molecular weight excluding hydrogens is 228 g/mol. The van der Waals surface area contributed by atoms with Crippen molar-refractivity contribution < 1.29 is 4.79 Å². The molecule has 0 aliphatic carbocycles. The molecule has 0 aliphatic rings. The predicted molar refractivity (Wildman–Crippen MR) is 72.8 cm³/mol. The van der Waals surface area contributed by atoms with Crippen molar-refractivity contribution in [3.05, 3.63) is 17.0 Å². The van der Waals surface area contributed by atoms with Crippen molar-refractivity contribution in [1.82, 2.24) is 20.4 Å². The summed E-state index contributed by atoms with van der Waals surface area (Å²) < 4.78 is 0. The third kappa shape index (κ3) is 3.84. The molecule has 5 nitrogen and oxygen atoms in total. The molecular formula is C13H24N4O. The Balaban J connectivity index is 2.42. The Bertz CT molecular complexity index is 367. The Hall–Kier alpha value is -1.36. The second-order valence-electron chi connectivity index (χ2n) is 4.50. The number of H-pyrrole nitrogens is 1. The lowest BCUT2D eigenvalue weighted by Crippen LogP contribution is -2.35. The van der Waals surface area contributed by atoms with Gasteiger partial charge in [0.05, 0.1) is 11.3 Å². The van der Waals surface area contributed by atoms with Crippen molar-refractivity contribution in [3.8, 4) is 0 Å². The van der Waals surface area contributed by atoms with Crippen LogP contribution in [-0.4, -0.2) is 47.2 Å². The van der Waals surface area contributed by atoms with Crippen LogP contribution in [0.2, 0.25) is 0 Å². The molecule has 0 saturated carbocycles. The van der Waals surface area contributed by atoms with E-state index >= 15 is 0 Å². The number of rotatable bonds is 7. The molecule has 1 heterocycles. The Morgan fingerprint density at radius 3 is 2.56 bits per heavy atom. The quantitative estimate of drug-likeness (QED) is 0.773. The van der Waals surface area contributed by atoms with E-state index in [1.807, 2.05) is 13.8 Å². The fourth-order valence-corrected chi connectivity index (χ4v) is 2.05. The van der Waals surface area contributed by atoms with Gasteiger partial charge in [-0.1, -0.05) is 13.8 Å². The van der Waals surface area contributed by atoms with E-state index < -0.39 is 0 Å². The molecule has 0 aromatic carbocycles. The summed E-state index contributed by atoms with van der Waals surface area (Å²) in [7, 11) is 0. The zero-order valence-corrected chi connectivity index (χ0v) is 11.8. The standard InChI is InChI=1S/C13H24N4O/c1-5-8-17(6-2)9-7-14-13(18)12-10(3)15-16-11(12)4/h5-9H2,1-4H3,(H,14,18)(H,15,16). The zero-order chi connectivity index (χ0) is 13.5. The number of nitrogens with one attached hydrogen (secondary N) is 2. The number of hydrogen-bond acceptors (Lipinski definition) is 3. The normalized spacial score (nSPS) is 10.9. The lowest BCUT2D eigenvalue weighted by atomic mass is 10.2. The molecule has 1 aromatic rings. The molecule has 18 heavy (non-hydrogen) atoms. The van der Waals surface area contributed by atoms with Gasteiger partial charge < -0.3 is 10.2 Å². The minimum Gasteiger partial charge on any atom is -0.351 e. The van der Waals surface area contributed by atoms with Crippen LogP contribution in [0.4, 0.5) is 0 Å². The van der Waals surface area contributed by atoms with E-state index in [9.17, 15) is 4.79 Å². The maximum absolute atomic E-state index is 12.0. The Morgan fingerprint density at radius 2 is 2.06 bits per heavy atom. The van der Waals surface area contributed by atoms with Crippen LogP contribution in [0.15, 0.2) is 0 Å². The number of carbonyl (C=O) groups is 1. The number of aromatic amines is 1. The highest BCUT2D eigenvalue weighted by atomic mass is 16.1. The topological polar surface area (TPSA) is 61.0 Å². The molecule has 0 aliphatic heterocycles. The molecule has 0 fully saturated rings. The van der Waals surface area contributed by atoms with Gasteiger partial charge in [0.25, 0.3) is 5.91 Å². The Labute approximate surface area is 109 Å². The van der Waals surface area contributed by atoms with Crippen LogP contribution >= 0.6 is 0 Å². The molecule has 5 heteroatoms. The van der Waals surface area contributed by atoms with Crippen molar-refractivity contribution in [2.75, 3.05) is 26.2 Å². The first kappa shape index (κ1) is 14.7. The SMILES string of the molecule is CCCN(CC)CCNC(=O)c1c(C)n[nH]c1C. The van der Waals surface area contributed by atoms with Crippen LogP contribution in [0.5, 0.6) is 0 Å². The van der Waals surface area contributed by atoms with Crippen molar-refractivity contribution in [2.45, 2.75) is 34.1 Å². The number of carbonyl (C=O) groups excluding carboxylic acids is 1. The molecule has 0 bridgehead atoms. The minimum absolute atomic E-state index is 0.0358. The fourth-order valence-electron chi connectivity index (χ4n) is 2.05. The summed E-state index contributed by atoms with van der Waals surface area (Å²) in [5.74, 6) is -0.0358. The van der Waals surface area contributed by atoms with Crippen molar-refractivity contribution >= 4 is 5.91 Å². The molecule has 1 amide bonds. The number of aryl methyl sites for hydroxylation is 2. The molecule has 0 atom stereocenters. The van der Waals surface area contributed by atoms with Crippen LogP contribution in [0.1, 0.15) is 42.0 Å². The average Bonchev–Trinajstić information content (AvgIpc) is 2.67. The second kappa shape index (κ2) is 7.16. The van der Waals surface area contributed by atoms with Crippen molar-refractivity contribution in [1.29, 1.82) is 0 Å². The fraction of sp³-hybridized carbons (Fsp3) is 0.692. The summed E-state index contributed by atoms with van der Waals surface area (Å²) in [4.78, 5) is 14.3. The average molecular weight is 252 g/mol. The molecule has 1 aromatic heterocycles. The Morgan fingerprint density at radius 1 is 1.33 bits per heavy atom. The lowest BCUT2D eigenvalue weighted by molar-refractivity contribution is 0.0947. The van der Waals surface area contributed by atoms with Gasteiger partial charge in [-0.2, -0.15) is 5.10 Å². The summed E-state index contributed by atoms with van der Waals surface area (Å²) in [5.41, 5.74) is 2.25. The van der Waals surface area contributed by atoms with Gasteiger partial charge in [0, 0.05) is 18.8 Å². The van der Waals surface area contributed by atoms with Crippen LogP contribution in [-0.2, 0) is 0 Å². The van der Waals surface area contributed by atoms with Crippen molar-refractivity contribution in [3.63, 3.8) is 0 Å². The molecule has 0 radical (unpaired) electrons. The van der Waals surface area contributed by atoms with Gasteiger partial charge in [0.2, 0.25) is 0 Å². The van der Waals surface area contributed by atoms with Crippen LogP contribution in [0, 0.1) is 13.8 Å². The van der Waals surface area contributed by atoms with E-state index in [1.165, 1.54) is 0 Å². The van der Waals surface area contributed by atoms with Gasteiger partial charge in [0.15, 0.2) is 0 Å². The lowest BCUT2D eigenvalue weighted by Gasteiger charge is -2.19. The molecule has 0 spiro atoms. The summed E-state index contributed by atoms with van der Waals surface area (Å²) in [6.07, 6.45) is 1.14. The second-order valence-corrected chi connectivity index (χ2v) is 4.50. The van der Waals surface area contributed by atoms with E-state index in [-0.39, 0.29) is 5.91 Å². The largest absolute Gasteiger partial charge is 0.351 e. The van der Waals surface area contributed by atoms with Gasteiger partial charge in [-0.3, -0.25) is 9.89 Å². The van der Waals surface area contributed by atoms with Gasteiger partial charge >= 0.3 is 0 Å². The van der Waals surface area contributed by atoms with Crippen molar-refractivity contribution in [2.24, 2.45) is 0 Å². The summed E-state index contributed by atoms with van der Waals surface area (Å²) in [6, 6.07) is 0. The minimum atomic E-state index is -0.0358. The molecule has 0 unspecified atom stereocenters. The number of likely N-dealkylation sites (N-methyl/N-ethyl adjacent to an activating group) is 1. The number of hydrogen-bond donors (Lipinski definition) is 2. The molecule has 1 rings (SSSR count).